The number of rotatable bonds is 4. The van der Waals surface area contributed by atoms with Gasteiger partial charge in [-0.1, -0.05) is 24.3 Å². The molecular weight excluding hydrogens is 356 g/mol. The fraction of sp³-hybridized carbons (Fsp3) is 0. The van der Waals surface area contributed by atoms with Crippen LogP contribution < -0.4 is 10.6 Å². The number of hydrogen-bond acceptors (Lipinski definition) is 5. The Kier molecular flexibility index (Phi) is 4.32. The lowest BCUT2D eigenvalue weighted by Gasteiger charge is -2.04. The van der Waals surface area contributed by atoms with Crippen LogP contribution in [0, 0.1) is 11.3 Å². The summed E-state index contributed by atoms with van der Waals surface area (Å²) in [4.78, 5) is 15.1. The Bertz CT molecular complexity index is 1210. The molecule has 0 aliphatic heterocycles. The Balaban J connectivity index is 1.61. The minimum atomic E-state index is -1.10. The lowest BCUT2D eigenvalue weighted by atomic mass is 10.1. The van der Waals surface area contributed by atoms with E-state index >= 15 is 0 Å². The van der Waals surface area contributed by atoms with E-state index in [0.29, 0.717) is 28.5 Å². The zero-order valence-corrected chi connectivity index (χ0v) is 14.5. The van der Waals surface area contributed by atoms with Crippen LogP contribution in [0.15, 0.2) is 66.9 Å². The van der Waals surface area contributed by atoms with Crippen LogP contribution in [-0.2, 0) is 0 Å². The average molecular weight is 370 g/mol. The topological polar surface area (TPSA) is 115 Å². The van der Waals surface area contributed by atoms with Crippen molar-refractivity contribution in [1.29, 1.82) is 5.26 Å². The standard InChI is InChI=1S/C20H14N6O2/c21-11-14-3-1-2-4-17(14)23-19-24-18-10-7-15(12-26(18)25-19)13-5-8-16(9-6-13)22-20(27)28/h1-10,12,22H,(H,23,25)(H,27,28). The van der Waals surface area contributed by atoms with Gasteiger partial charge in [-0.3, -0.25) is 5.32 Å². The van der Waals surface area contributed by atoms with Crippen LogP contribution in [-0.4, -0.2) is 25.8 Å². The lowest BCUT2D eigenvalue weighted by Crippen LogP contribution is -2.06. The number of para-hydroxylation sites is 1. The number of carboxylic acid groups (broad SMARTS) is 1. The normalized spacial score (nSPS) is 10.4. The van der Waals surface area contributed by atoms with Gasteiger partial charge in [0.1, 0.15) is 6.07 Å². The molecule has 0 atom stereocenters. The van der Waals surface area contributed by atoms with Gasteiger partial charge in [0, 0.05) is 17.4 Å². The first kappa shape index (κ1) is 17.1. The van der Waals surface area contributed by atoms with Gasteiger partial charge >= 0.3 is 6.09 Å². The molecule has 2 heterocycles. The number of nitriles is 1. The van der Waals surface area contributed by atoms with Crippen LogP contribution in [0.1, 0.15) is 5.56 Å². The van der Waals surface area contributed by atoms with E-state index in [2.05, 4.69) is 26.8 Å². The minimum Gasteiger partial charge on any atom is -0.465 e. The molecule has 4 rings (SSSR count). The SMILES string of the molecule is N#Cc1ccccc1Nc1nc2ccc(-c3ccc(NC(=O)O)cc3)cn2n1. The van der Waals surface area contributed by atoms with Crippen molar-refractivity contribution in [2.45, 2.75) is 0 Å². The van der Waals surface area contributed by atoms with Crippen molar-refractivity contribution in [3.63, 3.8) is 0 Å². The van der Waals surface area contributed by atoms with Crippen molar-refractivity contribution in [2.24, 2.45) is 0 Å². The Morgan fingerprint density at radius 2 is 1.79 bits per heavy atom. The van der Waals surface area contributed by atoms with Gasteiger partial charge in [-0.05, 0) is 42.0 Å². The Morgan fingerprint density at radius 1 is 1.04 bits per heavy atom. The first-order valence-corrected chi connectivity index (χ1v) is 8.35. The first-order valence-electron chi connectivity index (χ1n) is 8.35. The van der Waals surface area contributed by atoms with Gasteiger partial charge in [-0.15, -0.1) is 5.10 Å². The molecule has 0 aliphatic carbocycles. The molecule has 8 heteroatoms. The number of carbonyl (C=O) groups is 1. The summed E-state index contributed by atoms with van der Waals surface area (Å²) in [6, 6.07) is 20.1. The van der Waals surface area contributed by atoms with Crippen molar-refractivity contribution in [3.8, 4) is 17.2 Å². The number of nitrogens with one attached hydrogen (secondary N) is 2. The largest absolute Gasteiger partial charge is 0.465 e. The molecule has 0 spiro atoms. The summed E-state index contributed by atoms with van der Waals surface area (Å²) in [6.45, 7) is 0. The molecule has 0 aliphatic rings. The van der Waals surface area contributed by atoms with Gasteiger partial charge in [0.25, 0.3) is 0 Å². The van der Waals surface area contributed by atoms with Gasteiger partial charge in [-0.25, -0.2) is 9.31 Å². The zero-order chi connectivity index (χ0) is 19.5. The molecule has 0 radical (unpaired) electrons. The third kappa shape index (κ3) is 3.45. The Hall–Kier alpha value is -4.38. The molecule has 0 saturated heterocycles. The maximum Gasteiger partial charge on any atom is 0.409 e. The van der Waals surface area contributed by atoms with E-state index in [1.807, 2.05) is 36.5 Å². The molecule has 2 aromatic carbocycles. The minimum absolute atomic E-state index is 0.390. The molecule has 28 heavy (non-hydrogen) atoms. The third-order valence-corrected chi connectivity index (χ3v) is 4.09. The van der Waals surface area contributed by atoms with Crippen LogP contribution in [0.2, 0.25) is 0 Å². The van der Waals surface area contributed by atoms with E-state index in [0.717, 1.165) is 11.1 Å². The molecule has 0 saturated carbocycles. The summed E-state index contributed by atoms with van der Waals surface area (Å²) in [5, 5.41) is 27.7. The number of anilines is 3. The number of hydrogen-bond donors (Lipinski definition) is 3. The number of benzene rings is 2. The fourth-order valence-electron chi connectivity index (χ4n) is 2.79. The average Bonchev–Trinajstić information content (AvgIpc) is 3.10. The van der Waals surface area contributed by atoms with Crippen LogP contribution in [0.25, 0.3) is 16.8 Å². The quantitative estimate of drug-likeness (QED) is 0.498. The number of fused-ring (bicyclic) bond motifs is 1. The van der Waals surface area contributed by atoms with Gasteiger partial charge in [0.15, 0.2) is 5.65 Å². The predicted octanol–water partition coefficient (Wildman–Crippen LogP) is 4.10. The molecular formula is C20H14N6O2. The van der Waals surface area contributed by atoms with Crippen LogP contribution in [0.3, 0.4) is 0 Å². The molecule has 3 N–H and O–H groups in total. The molecule has 0 fully saturated rings. The molecule has 1 amide bonds. The molecule has 0 bridgehead atoms. The van der Waals surface area contributed by atoms with E-state index in [4.69, 9.17) is 5.11 Å². The van der Waals surface area contributed by atoms with E-state index in [-0.39, 0.29) is 0 Å². The van der Waals surface area contributed by atoms with E-state index in [1.54, 1.807) is 34.8 Å². The maximum absolute atomic E-state index is 10.7. The van der Waals surface area contributed by atoms with E-state index in [1.165, 1.54) is 0 Å². The van der Waals surface area contributed by atoms with Crippen LogP contribution in [0.4, 0.5) is 22.1 Å². The summed E-state index contributed by atoms with van der Waals surface area (Å²) in [5.41, 5.74) is 4.13. The highest BCUT2D eigenvalue weighted by atomic mass is 16.4. The zero-order valence-electron chi connectivity index (χ0n) is 14.5. The summed E-state index contributed by atoms with van der Waals surface area (Å²) in [6.07, 6.45) is 0.735. The lowest BCUT2D eigenvalue weighted by molar-refractivity contribution is 0.210. The molecule has 0 unspecified atom stereocenters. The van der Waals surface area contributed by atoms with E-state index < -0.39 is 6.09 Å². The van der Waals surface area contributed by atoms with Crippen molar-refractivity contribution in [1.82, 2.24) is 14.6 Å². The van der Waals surface area contributed by atoms with Crippen molar-refractivity contribution in [2.75, 3.05) is 10.6 Å². The first-order chi connectivity index (χ1) is 13.6. The molecule has 136 valence electrons. The van der Waals surface area contributed by atoms with Crippen LogP contribution in [0.5, 0.6) is 0 Å². The highest BCUT2D eigenvalue weighted by Crippen LogP contribution is 2.23. The Labute approximate surface area is 159 Å². The second kappa shape index (κ2) is 7.09. The van der Waals surface area contributed by atoms with Crippen LogP contribution >= 0.6 is 0 Å². The van der Waals surface area contributed by atoms with E-state index in [9.17, 15) is 10.1 Å². The highest BCUT2D eigenvalue weighted by Gasteiger charge is 2.08. The molecule has 4 aromatic rings. The summed E-state index contributed by atoms with van der Waals surface area (Å²) >= 11 is 0. The number of amides is 1. The summed E-state index contributed by atoms with van der Waals surface area (Å²) in [7, 11) is 0. The maximum atomic E-state index is 10.7. The summed E-state index contributed by atoms with van der Waals surface area (Å²) in [5.74, 6) is 0.390. The van der Waals surface area contributed by atoms with Gasteiger partial charge in [0.05, 0.1) is 11.3 Å². The van der Waals surface area contributed by atoms with Gasteiger partial charge in [-0.2, -0.15) is 10.2 Å². The van der Waals surface area contributed by atoms with Crippen molar-refractivity contribution >= 4 is 29.1 Å². The predicted molar refractivity (Wildman–Crippen MR) is 105 cm³/mol. The summed E-state index contributed by atoms with van der Waals surface area (Å²) < 4.78 is 1.65. The fourth-order valence-corrected chi connectivity index (χ4v) is 2.79. The third-order valence-electron chi connectivity index (χ3n) is 4.09. The van der Waals surface area contributed by atoms with Gasteiger partial charge in [0.2, 0.25) is 5.95 Å². The molecule has 8 nitrogen and oxygen atoms in total. The smallest absolute Gasteiger partial charge is 0.409 e. The number of nitrogens with zero attached hydrogens (tertiary/aromatic N) is 4. The Morgan fingerprint density at radius 3 is 2.54 bits per heavy atom. The number of pyridine rings is 1. The second-order valence-corrected chi connectivity index (χ2v) is 5.95. The monoisotopic (exact) mass is 370 g/mol. The second-order valence-electron chi connectivity index (χ2n) is 5.95. The van der Waals surface area contributed by atoms with Crippen molar-refractivity contribution < 1.29 is 9.90 Å². The molecule has 2 aromatic heterocycles. The number of aromatic nitrogens is 3. The highest BCUT2D eigenvalue weighted by molar-refractivity contribution is 5.83. The van der Waals surface area contributed by atoms with Crippen molar-refractivity contribution in [3.05, 3.63) is 72.4 Å². The van der Waals surface area contributed by atoms with Gasteiger partial charge < -0.3 is 10.4 Å².